The predicted molar refractivity (Wildman–Crippen MR) is 91.8 cm³/mol. The number of aryl methyl sites for hydroxylation is 3. The number of carbonyl (C=O) groups excluding carboxylic acids is 1. The lowest BCUT2D eigenvalue weighted by Crippen LogP contribution is -2.18. The van der Waals surface area contributed by atoms with E-state index in [4.69, 9.17) is 13.9 Å². The van der Waals surface area contributed by atoms with Crippen LogP contribution in [-0.2, 0) is 4.74 Å². The molecule has 1 amide bonds. The first-order valence-electron chi connectivity index (χ1n) is 8.26. The Labute approximate surface area is 141 Å². The van der Waals surface area contributed by atoms with Gasteiger partial charge in [0.05, 0.1) is 17.4 Å². The second-order valence-corrected chi connectivity index (χ2v) is 6.23. The second-order valence-electron chi connectivity index (χ2n) is 6.23. The van der Waals surface area contributed by atoms with Crippen LogP contribution in [0.1, 0.15) is 40.3 Å². The molecule has 1 aliphatic heterocycles. The molecule has 5 heteroatoms. The molecular formula is C19H23NO4. The quantitative estimate of drug-likeness (QED) is 0.900. The molecule has 0 radical (unpaired) electrons. The van der Waals surface area contributed by atoms with Crippen LogP contribution in [0.5, 0.6) is 5.75 Å². The molecule has 1 N–H and O–H groups in total. The number of carbonyl (C=O) groups is 1. The Balaban J connectivity index is 1.74. The van der Waals surface area contributed by atoms with Crippen LogP contribution in [0, 0.1) is 20.8 Å². The number of amides is 1. The highest BCUT2D eigenvalue weighted by molar-refractivity contribution is 6.05. The van der Waals surface area contributed by atoms with Crippen LogP contribution in [0.15, 0.2) is 28.7 Å². The smallest absolute Gasteiger partial charge is 0.259 e. The van der Waals surface area contributed by atoms with E-state index in [1.54, 1.807) is 13.0 Å². The van der Waals surface area contributed by atoms with Crippen LogP contribution in [0.25, 0.3) is 0 Å². The van der Waals surface area contributed by atoms with Gasteiger partial charge in [-0.15, -0.1) is 0 Å². The maximum atomic E-state index is 12.5. The molecule has 1 aromatic heterocycles. The predicted octanol–water partition coefficient (Wildman–Crippen LogP) is 4.01. The van der Waals surface area contributed by atoms with Crippen molar-refractivity contribution >= 4 is 11.6 Å². The molecule has 0 saturated carbocycles. The van der Waals surface area contributed by atoms with Crippen molar-refractivity contribution in [2.75, 3.05) is 18.5 Å². The van der Waals surface area contributed by atoms with Crippen molar-refractivity contribution in [2.45, 2.75) is 39.7 Å². The third-order valence-electron chi connectivity index (χ3n) is 4.12. The third kappa shape index (κ3) is 3.79. The number of rotatable bonds is 5. The first-order valence-corrected chi connectivity index (χ1v) is 8.26. The van der Waals surface area contributed by atoms with Gasteiger partial charge in [0.1, 0.15) is 23.9 Å². The molecule has 1 saturated heterocycles. The molecule has 5 nitrogen and oxygen atoms in total. The molecule has 1 fully saturated rings. The SMILES string of the molecule is Cc1ccc(NC(=O)c2cc(C)oc2C)c(OC[C@@H]2CCCO2)c1. The summed E-state index contributed by atoms with van der Waals surface area (Å²) in [5, 5.41) is 2.92. The van der Waals surface area contributed by atoms with E-state index in [-0.39, 0.29) is 12.0 Å². The van der Waals surface area contributed by atoms with Crippen molar-refractivity contribution in [1.29, 1.82) is 0 Å². The Morgan fingerprint density at radius 3 is 2.79 bits per heavy atom. The van der Waals surface area contributed by atoms with Gasteiger partial charge in [-0.25, -0.2) is 0 Å². The number of anilines is 1. The first-order chi connectivity index (χ1) is 11.5. The highest BCUT2D eigenvalue weighted by Gasteiger charge is 2.19. The van der Waals surface area contributed by atoms with E-state index in [0.29, 0.717) is 29.4 Å². The first kappa shape index (κ1) is 16.6. The molecule has 1 aromatic carbocycles. The van der Waals surface area contributed by atoms with E-state index in [1.807, 2.05) is 32.0 Å². The van der Waals surface area contributed by atoms with E-state index in [2.05, 4.69) is 5.32 Å². The molecule has 0 unspecified atom stereocenters. The van der Waals surface area contributed by atoms with Gasteiger partial charge in [-0.3, -0.25) is 4.79 Å². The molecule has 2 aromatic rings. The Kier molecular flexibility index (Phi) is 4.90. The van der Waals surface area contributed by atoms with Gasteiger partial charge in [-0.05, 0) is 57.4 Å². The lowest BCUT2D eigenvalue weighted by atomic mass is 10.2. The van der Waals surface area contributed by atoms with Crippen LogP contribution in [0.4, 0.5) is 5.69 Å². The fourth-order valence-electron chi connectivity index (χ4n) is 2.86. The normalized spacial score (nSPS) is 17.0. The number of furan rings is 1. The number of ether oxygens (including phenoxy) is 2. The van der Waals surface area contributed by atoms with Crippen LogP contribution in [0.3, 0.4) is 0 Å². The minimum atomic E-state index is -0.199. The minimum Gasteiger partial charge on any atom is -0.489 e. The van der Waals surface area contributed by atoms with Crippen LogP contribution in [0.2, 0.25) is 0 Å². The molecule has 0 spiro atoms. The van der Waals surface area contributed by atoms with Gasteiger partial charge in [0, 0.05) is 6.61 Å². The van der Waals surface area contributed by atoms with Gasteiger partial charge in [-0.2, -0.15) is 0 Å². The lowest BCUT2D eigenvalue weighted by molar-refractivity contribution is 0.0681. The summed E-state index contributed by atoms with van der Waals surface area (Å²) in [5.74, 6) is 1.79. The van der Waals surface area contributed by atoms with Gasteiger partial charge in [0.15, 0.2) is 0 Å². The number of nitrogens with one attached hydrogen (secondary N) is 1. The van der Waals surface area contributed by atoms with Crippen molar-refractivity contribution in [1.82, 2.24) is 0 Å². The van der Waals surface area contributed by atoms with Crippen LogP contribution >= 0.6 is 0 Å². The van der Waals surface area contributed by atoms with Crippen molar-refractivity contribution < 1.29 is 18.7 Å². The lowest BCUT2D eigenvalue weighted by Gasteiger charge is -2.16. The summed E-state index contributed by atoms with van der Waals surface area (Å²) in [7, 11) is 0. The number of benzene rings is 1. The number of hydrogen-bond donors (Lipinski definition) is 1. The molecule has 24 heavy (non-hydrogen) atoms. The maximum absolute atomic E-state index is 12.5. The minimum absolute atomic E-state index is 0.132. The van der Waals surface area contributed by atoms with E-state index in [1.165, 1.54) is 0 Å². The Morgan fingerprint density at radius 1 is 1.29 bits per heavy atom. The number of hydrogen-bond acceptors (Lipinski definition) is 4. The molecule has 2 heterocycles. The Hall–Kier alpha value is -2.27. The molecule has 1 aliphatic rings. The Morgan fingerprint density at radius 2 is 2.12 bits per heavy atom. The summed E-state index contributed by atoms with van der Waals surface area (Å²) in [5.41, 5.74) is 2.27. The van der Waals surface area contributed by atoms with Gasteiger partial charge < -0.3 is 19.2 Å². The molecule has 1 atom stereocenters. The van der Waals surface area contributed by atoms with Crippen LogP contribution < -0.4 is 10.1 Å². The summed E-state index contributed by atoms with van der Waals surface area (Å²) in [4.78, 5) is 12.5. The molecule has 128 valence electrons. The molecule has 0 bridgehead atoms. The summed E-state index contributed by atoms with van der Waals surface area (Å²) in [6, 6.07) is 7.48. The Bertz CT molecular complexity index is 729. The van der Waals surface area contributed by atoms with E-state index >= 15 is 0 Å². The summed E-state index contributed by atoms with van der Waals surface area (Å²) in [6.45, 7) is 6.90. The standard InChI is InChI=1S/C19H23NO4/c1-12-6-7-17(18(9-12)23-11-15-5-4-8-22-15)20-19(21)16-10-13(2)24-14(16)3/h6-7,9-10,15H,4-5,8,11H2,1-3H3,(H,20,21)/t15-/m0/s1. The average Bonchev–Trinajstić information content (AvgIpc) is 3.16. The molecular weight excluding hydrogens is 306 g/mol. The zero-order valence-corrected chi connectivity index (χ0v) is 14.3. The van der Waals surface area contributed by atoms with Crippen molar-refractivity contribution in [3.05, 3.63) is 46.9 Å². The van der Waals surface area contributed by atoms with E-state index in [0.717, 1.165) is 30.8 Å². The summed E-state index contributed by atoms with van der Waals surface area (Å²) < 4.78 is 16.9. The monoisotopic (exact) mass is 329 g/mol. The average molecular weight is 329 g/mol. The van der Waals surface area contributed by atoms with Gasteiger partial charge in [0.25, 0.3) is 5.91 Å². The summed E-state index contributed by atoms with van der Waals surface area (Å²) >= 11 is 0. The molecule has 3 rings (SSSR count). The topological polar surface area (TPSA) is 60.7 Å². The zero-order chi connectivity index (χ0) is 17.1. The zero-order valence-electron chi connectivity index (χ0n) is 14.3. The van der Waals surface area contributed by atoms with Crippen LogP contribution in [-0.4, -0.2) is 25.2 Å². The van der Waals surface area contributed by atoms with E-state index < -0.39 is 0 Å². The van der Waals surface area contributed by atoms with Gasteiger partial charge in [0.2, 0.25) is 0 Å². The third-order valence-corrected chi connectivity index (χ3v) is 4.12. The fourth-order valence-corrected chi connectivity index (χ4v) is 2.86. The van der Waals surface area contributed by atoms with Crippen molar-refractivity contribution in [3.8, 4) is 5.75 Å². The highest BCUT2D eigenvalue weighted by Crippen LogP contribution is 2.28. The fraction of sp³-hybridized carbons (Fsp3) is 0.421. The van der Waals surface area contributed by atoms with Gasteiger partial charge in [-0.1, -0.05) is 6.07 Å². The highest BCUT2D eigenvalue weighted by atomic mass is 16.5. The second kappa shape index (κ2) is 7.09. The van der Waals surface area contributed by atoms with Gasteiger partial charge >= 0.3 is 0 Å². The molecule has 0 aliphatic carbocycles. The summed E-state index contributed by atoms with van der Waals surface area (Å²) in [6.07, 6.45) is 2.22. The maximum Gasteiger partial charge on any atom is 0.259 e. The largest absolute Gasteiger partial charge is 0.489 e. The van der Waals surface area contributed by atoms with Crippen molar-refractivity contribution in [2.24, 2.45) is 0 Å². The van der Waals surface area contributed by atoms with Crippen molar-refractivity contribution in [3.63, 3.8) is 0 Å². The van der Waals surface area contributed by atoms with E-state index in [9.17, 15) is 4.79 Å².